The maximum atomic E-state index is 11.1. The van der Waals surface area contributed by atoms with Crippen molar-refractivity contribution < 1.29 is 24.1 Å². The van der Waals surface area contributed by atoms with Gasteiger partial charge in [0.1, 0.15) is 5.75 Å². The SMILES string of the molecule is CC(C)NCC(Oc1ccc2c(c1)OCO2)C(=O)O. The van der Waals surface area contributed by atoms with Crippen LogP contribution >= 0.6 is 0 Å². The first kappa shape index (κ1) is 13.5. The van der Waals surface area contributed by atoms with Gasteiger partial charge >= 0.3 is 5.97 Å². The van der Waals surface area contributed by atoms with E-state index in [-0.39, 0.29) is 19.4 Å². The summed E-state index contributed by atoms with van der Waals surface area (Å²) in [5, 5.41) is 12.2. The summed E-state index contributed by atoms with van der Waals surface area (Å²) in [5.74, 6) is 0.644. The fraction of sp³-hybridized carbons (Fsp3) is 0.462. The zero-order valence-corrected chi connectivity index (χ0v) is 10.9. The predicted molar refractivity (Wildman–Crippen MR) is 67.8 cm³/mol. The predicted octanol–water partition coefficient (Wildman–Crippen LogP) is 1.25. The van der Waals surface area contributed by atoms with E-state index in [1.54, 1.807) is 18.2 Å². The van der Waals surface area contributed by atoms with E-state index in [2.05, 4.69) is 5.32 Å². The van der Waals surface area contributed by atoms with E-state index in [0.29, 0.717) is 17.2 Å². The fourth-order valence-electron chi connectivity index (χ4n) is 1.64. The molecule has 6 nitrogen and oxygen atoms in total. The maximum absolute atomic E-state index is 11.1. The van der Waals surface area contributed by atoms with Crippen molar-refractivity contribution in [1.29, 1.82) is 0 Å². The van der Waals surface area contributed by atoms with Crippen LogP contribution in [0.5, 0.6) is 17.2 Å². The number of benzene rings is 1. The Hall–Kier alpha value is -1.95. The second kappa shape index (κ2) is 5.79. The number of nitrogens with one attached hydrogen (secondary N) is 1. The van der Waals surface area contributed by atoms with E-state index >= 15 is 0 Å². The third-order valence-corrected chi connectivity index (χ3v) is 2.61. The lowest BCUT2D eigenvalue weighted by Crippen LogP contribution is -2.40. The number of carboxylic acid groups (broad SMARTS) is 1. The van der Waals surface area contributed by atoms with Crippen molar-refractivity contribution in [1.82, 2.24) is 5.32 Å². The first-order valence-corrected chi connectivity index (χ1v) is 6.09. The summed E-state index contributed by atoms with van der Waals surface area (Å²) in [6.45, 7) is 4.30. The third-order valence-electron chi connectivity index (χ3n) is 2.61. The van der Waals surface area contributed by atoms with Crippen molar-refractivity contribution in [3.8, 4) is 17.2 Å². The zero-order valence-electron chi connectivity index (χ0n) is 10.9. The molecule has 2 N–H and O–H groups in total. The molecular weight excluding hydrogens is 250 g/mol. The van der Waals surface area contributed by atoms with Gasteiger partial charge in [0.05, 0.1) is 0 Å². The van der Waals surface area contributed by atoms with E-state index in [1.807, 2.05) is 13.8 Å². The quantitative estimate of drug-likeness (QED) is 0.807. The van der Waals surface area contributed by atoms with Crippen molar-refractivity contribution >= 4 is 5.97 Å². The standard InChI is InChI=1S/C13H17NO5/c1-8(2)14-6-12(13(15)16)19-9-3-4-10-11(5-9)18-7-17-10/h3-5,8,12,14H,6-7H2,1-2H3,(H,15,16). The average Bonchev–Trinajstić information content (AvgIpc) is 2.81. The minimum atomic E-state index is -1.01. The molecular formula is C13H17NO5. The number of fused-ring (bicyclic) bond motifs is 1. The van der Waals surface area contributed by atoms with Crippen molar-refractivity contribution in [2.45, 2.75) is 26.0 Å². The van der Waals surface area contributed by atoms with Gasteiger partial charge in [-0.15, -0.1) is 0 Å². The molecule has 0 aromatic heterocycles. The van der Waals surface area contributed by atoms with Gasteiger partial charge in [0.2, 0.25) is 12.9 Å². The largest absolute Gasteiger partial charge is 0.478 e. The summed E-state index contributed by atoms with van der Waals surface area (Å²) >= 11 is 0. The number of hydrogen-bond acceptors (Lipinski definition) is 5. The molecule has 6 heteroatoms. The number of aliphatic carboxylic acids is 1. The minimum Gasteiger partial charge on any atom is -0.478 e. The molecule has 1 atom stereocenters. The molecule has 1 aliphatic heterocycles. The van der Waals surface area contributed by atoms with Crippen LogP contribution in [0.4, 0.5) is 0 Å². The van der Waals surface area contributed by atoms with Gasteiger partial charge in [-0.1, -0.05) is 13.8 Å². The molecule has 104 valence electrons. The fourth-order valence-corrected chi connectivity index (χ4v) is 1.64. The average molecular weight is 267 g/mol. The van der Waals surface area contributed by atoms with Crippen LogP contribution in [0.3, 0.4) is 0 Å². The van der Waals surface area contributed by atoms with Crippen LogP contribution in [0.1, 0.15) is 13.8 Å². The molecule has 0 spiro atoms. The number of hydrogen-bond donors (Lipinski definition) is 2. The molecule has 0 bridgehead atoms. The molecule has 19 heavy (non-hydrogen) atoms. The normalized spacial score (nSPS) is 14.5. The first-order chi connectivity index (χ1) is 9.06. The van der Waals surface area contributed by atoms with Crippen LogP contribution in [0.2, 0.25) is 0 Å². The third kappa shape index (κ3) is 3.51. The summed E-state index contributed by atoms with van der Waals surface area (Å²) in [6, 6.07) is 5.20. The highest BCUT2D eigenvalue weighted by Gasteiger charge is 2.21. The number of rotatable bonds is 6. The van der Waals surface area contributed by atoms with Gasteiger partial charge in [0, 0.05) is 18.7 Å². The molecule has 1 aliphatic rings. The Morgan fingerprint density at radius 1 is 1.42 bits per heavy atom. The molecule has 2 rings (SSSR count). The van der Waals surface area contributed by atoms with Crippen molar-refractivity contribution in [2.75, 3.05) is 13.3 Å². The van der Waals surface area contributed by atoms with Crippen LogP contribution in [0, 0.1) is 0 Å². The van der Waals surface area contributed by atoms with Gasteiger partial charge in [-0.05, 0) is 12.1 Å². The van der Waals surface area contributed by atoms with Crippen molar-refractivity contribution in [3.63, 3.8) is 0 Å². The summed E-state index contributed by atoms with van der Waals surface area (Å²) in [6.07, 6.45) is -0.942. The second-order valence-corrected chi connectivity index (χ2v) is 4.52. The minimum absolute atomic E-state index is 0.177. The Kier molecular flexibility index (Phi) is 4.11. The molecule has 1 heterocycles. The molecule has 0 aliphatic carbocycles. The van der Waals surface area contributed by atoms with E-state index in [1.165, 1.54) is 0 Å². The summed E-state index contributed by atoms with van der Waals surface area (Å²) in [7, 11) is 0. The molecule has 0 fully saturated rings. The lowest BCUT2D eigenvalue weighted by molar-refractivity contribution is -0.144. The van der Waals surface area contributed by atoms with Gasteiger partial charge in [-0.2, -0.15) is 0 Å². The van der Waals surface area contributed by atoms with Crippen molar-refractivity contribution in [3.05, 3.63) is 18.2 Å². The lowest BCUT2D eigenvalue weighted by Gasteiger charge is -2.17. The Morgan fingerprint density at radius 2 is 2.16 bits per heavy atom. The van der Waals surface area contributed by atoms with Gasteiger partial charge in [0.15, 0.2) is 11.5 Å². The number of ether oxygens (including phenoxy) is 3. The van der Waals surface area contributed by atoms with Crippen LogP contribution in [-0.2, 0) is 4.79 Å². The van der Waals surface area contributed by atoms with Gasteiger partial charge in [0.25, 0.3) is 0 Å². The molecule has 0 radical (unpaired) electrons. The zero-order chi connectivity index (χ0) is 13.8. The highest BCUT2D eigenvalue weighted by Crippen LogP contribution is 2.35. The molecule has 1 unspecified atom stereocenters. The van der Waals surface area contributed by atoms with Crippen LogP contribution in [0.25, 0.3) is 0 Å². The molecule has 0 amide bonds. The molecule has 0 saturated carbocycles. The monoisotopic (exact) mass is 267 g/mol. The summed E-state index contributed by atoms with van der Waals surface area (Å²) in [5.41, 5.74) is 0. The molecule has 0 saturated heterocycles. The first-order valence-electron chi connectivity index (χ1n) is 6.09. The Balaban J connectivity index is 2.02. The number of carboxylic acids is 1. The smallest absolute Gasteiger partial charge is 0.346 e. The highest BCUT2D eigenvalue weighted by molar-refractivity contribution is 5.73. The van der Waals surface area contributed by atoms with Gasteiger partial charge < -0.3 is 24.6 Å². The Bertz CT molecular complexity index is 460. The van der Waals surface area contributed by atoms with Crippen LogP contribution in [-0.4, -0.2) is 36.6 Å². The van der Waals surface area contributed by atoms with Crippen molar-refractivity contribution in [2.24, 2.45) is 0 Å². The molecule has 1 aromatic carbocycles. The Morgan fingerprint density at radius 3 is 2.84 bits per heavy atom. The summed E-state index contributed by atoms with van der Waals surface area (Å²) in [4.78, 5) is 11.1. The van der Waals surface area contributed by atoms with E-state index < -0.39 is 12.1 Å². The van der Waals surface area contributed by atoms with Gasteiger partial charge in [-0.3, -0.25) is 0 Å². The maximum Gasteiger partial charge on any atom is 0.346 e. The second-order valence-electron chi connectivity index (χ2n) is 4.52. The van der Waals surface area contributed by atoms with E-state index in [4.69, 9.17) is 19.3 Å². The summed E-state index contributed by atoms with van der Waals surface area (Å²) < 4.78 is 15.8. The van der Waals surface area contributed by atoms with Crippen LogP contribution in [0.15, 0.2) is 18.2 Å². The highest BCUT2D eigenvalue weighted by atomic mass is 16.7. The molecule has 1 aromatic rings. The number of carbonyl (C=O) groups is 1. The Labute approximate surface area is 111 Å². The topological polar surface area (TPSA) is 77.0 Å². The van der Waals surface area contributed by atoms with Gasteiger partial charge in [-0.25, -0.2) is 4.79 Å². The van der Waals surface area contributed by atoms with Crippen LogP contribution < -0.4 is 19.5 Å². The van der Waals surface area contributed by atoms with E-state index in [0.717, 1.165) is 0 Å². The lowest BCUT2D eigenvalue weighted by atomic mass is 10.2. The van der Waals surface area contributed by atoms with E-state index in [9.17, 15) is 4.79 Å².